The van der Waals surface area contributed by atoms with E-state index in [9.17, 15) is 0 Å². The van der Waals surface area contributed by atoms with Crippen LogP contribution >= 0.6 is 0 Å². The van der Waals surface area contributed by atoms with Gasteiger partial charge in [-0.1, -0.05) is 31.7 Å². The molecule has 3 nitrogen and oxygen atoms in total. The third-order valence-electron chi connectivity index (χ3n) is 4.00. The van der Waals surface area contributed by atoms with Gasteiger partial charge >= 0.3 is 0 Å². The molecule has 1 aromatic heterocycles. The summed E-state index contributed by atoms with van der Waals surface area (Å²) in [5.41, 5.74) is 1.30. The van der Waals surface area contributed by atoms with Gasteiger partial charge in [0.1, 0.15) is 5.82 Å². The maximum Gasteiger partial charge on any atom is 0.130 e. The molecule has 0 aromatic carbocycles. The second-order valence-corrected chi connectivity index (χ2v) is 5.32. The number of nitrogens with one attached hydrogen (secondary N) is 1. The van der Waals surface area contributed by atoms with E-state index in [0.717, 1.165) is 18.4 Å². The molecule has 0 saturated heterocycles. The van der Waals surface area contributed by atoms with Crippen LogP contribution in [0.15, 0.2) is 18.3 Å². The maximum absolute atomic E-state index is 4.38. The minimum Gasteiger partial charge on any atom is -0.373 e. The van der Waals surface area contributed by atoms with E-state index in [0.29, 0.717) is 0 Å². The minimum atomic E-state index is 0.748. The highest BCUT2D eigenvalue weighted by Gasteiger charge is 2.17. The molecule has 2 rings (SSSR count). The fourth-order valence-electron chi connectivity index (χ4n) is 2.89. The van der Waals surface area contributed by atoms with E-state index < -0.39 is 0 Å². The van der Waals surface area contributed by atoms with Crippen molar-refractivity contribution in [3.8, 4) is 0 Å². The van der Waals surface area contributed by atoms with E-state index >= 15 is 0 Å². The van der Waals surface area contributed by atoms with Gasteiger partial charge in [-0.05, 0) is 26.0 Å². The first kappa shape index (κ1) is 13.3. The molecule has 1 heterocycles. The summed E-state index contributed by atoms with van der Waals surface area (Å²) >= 11 is 0. The molecule has 0 amide bonds. The van der Waals surface area contributed by atoms with Crippen LogP contribution in [0.4, 0.5) is 5.82 Å². The summed E-state index contributed by atoms with van der Waals surface area (Å²) in [6.07, 6.45) is 10.2. The van der Waals surface area contributed by atoms with Gasteiger partial charge in [-0.3, -0.25) is 4.90 Å². The molecule has 0 aliphatic heterocycles. The van der Waals surface area contributed by atoms with Crippen LogP contribution in [-0.4, -0.2) is 30.0 Å². The predicted molar refractivity (Wildman–Crippen MR) is 76.7 cm³/mol. The molecule has 1 aliphatic rings. The maximum atomic E-state index is 4.38. The first-order valence-electron chi connectivity index (χ1n) is 7.13. The number of aromatic nitrogens is 1. The fourth-order valence-corrected chi connectivity index (χ4v) is 2.89. The summed E-state index contributed by atoms with van der Waals surface area (Å²) in [6, 6.07) is 4.95. The SMILES string of the molecule is CNc1ncccc1CN(C)C1CCCCCC1. The molecule has 1 aliphatic carbocycles. The van der Waals surface area contributed by atoms with Crippen molar-refractivity contribution in [2.75, 3.05) is 19.4 Å². The third kappa shape index (κ3) is 3.45. The van der Waals surface area contributed by atoms with Crippen LogP contribution in [0.3, 0.4) is 0 Å². The highest BCUT2D eigenvalue weighted by Crippen LogP contribution is 2.23. The number of hydrogen-bond acceptors (Lipinski definition) is 3. The van der Waals surface area contributed by atoms with Crippen molar-refractivity contribution in [3.63, 3.8) is 0 Å². The van der Waals surface area contributed by atoms with Gasteiger partial charge in [0, 0.05) is 31.4 Å². The Bertz CT molecular complexity index is 357. The van der Waals surface area contributed by atoms with E-state index in [4.69, 9.17) is 0 Å². The Labute approximate surface area is 111 Å². The Kier molecular flexibility index (Phi) is 5.00. The lowest BCUT2D eigenvalue weighted by atomic mass is 10.1. The summed E-state index contributed by atoms with van der Waals surface area (Å²) < 4.78 is 0. The van der Waals surface area contributed by atoms with Gasteiger partial charge in [-0.25, -0.2) is 4.98 Å². The summed E-state index contributed by atoms with van der Waals surface area (Å²) in [5.74, 6) is 1.01. The lowest BCUT2D eigenvalue weighted by molar-refractivity contribution is 0.213. The quantitative estimate of drug-likeness (QED) is 0.828. The second-order valence-electron chi connectivity index (χ2n) is 5.32. The Hall–Kier alpha value is -1.09. The molecular weight excluding hydrogens is 222 g/mol. The Morgan fingerprint density at radius 3 is 2.67 bits per heavy atom. The highest BCUT2D eigenvalue weighted by molar-refractivity contribution is 5.42. The molecule has 3 heteroatoms. The third-order valence-corrected chi connectivity index (χ3v) is 4.00. The fraction of sp³-hybridized carbons (Fsp3) is 0.667. The van der Waals surface area contributed by atoms with Crippen LogP contribution in [-0.2, 0) is 6.54 Å². The topological polar surface area (TPSA) is 28.2 Å². The van der Waals surface area contributed by atoms with Crippen LogP contribution in [0.5, 0.6) is 0 Å². The molecule has 100 valence electrons. The van der Waals surface area contributed by atoms with Gasteiger partial charge < -0.3 is 5.32 Å². The van der Waals surface area contributed by atoms with Gasteiger partial charge in [0.15, 0.2) is 0 Å². The van der Waals surface area contributed by atoms with Crippen molar-refractivity contribution in [2.24, 2.45) is 0 Å². The van der Waals surface area contributed by atoms with E-state index in [1.54, 1.807) is 0 Å². The van der Waals surface area contributed by atoms with Gasteiger partial charge in [-0.15, -0.1) is 0 Å². The molecule has 1 fully saturated rings. The van der Waals surface area contributed by atoms with Crippen molar-refractivity contribution in [1.82, 2.24) is 9.88 Å². The molecule has 0 spiro atoms. The van der Waals surface area contributed by atoms with Crippen molar-refractivity contribution in [2.45, 2.75) is 51.1 Å². The lowest BCUT2D eigenvalue weighted by Crippen LogP contribution is -2.31. The van der Waals surface area contributed by atoms with Crippen LogP contribution < -0.4 is 5.32 Å². The highest BCUT2D eigenvalue weighted by atomic mass is 15.1. The predicted octanol–water partition coefficient (Wildman–Crippen LogP) is 3.28. The van der Waals surface area contributed by atoms with Crippen molar-refractivity contribution in [3.05, 3.63) is 23.9 Å². The monoisotopic (exact) mass is 247 g/mol. The first-order chi connectivity index (χ1) is 8.81. The number of anilines is 1. The van der Waals surface area contributed by atoms with Crippen LogP contribution in [0.25, 0.3) is 0 Å². The van der Waals surface area contributed by atoms with Crippen LogP contribution in [0.2, 0.25) is 0 Å². The molecular formula is C15H25N3. The van der Waals surface area contributed by atoms with Gasteiger partial charge in [0.05, 0.1) is 0 Å². The number of nitrogens with zero attached hydrogens (tertiary/aromatic N) is 2. The standard InChI is InChI=1S/C15H25N3/c1-16-15-13(8-7-11-17-15)12-18(2)14-9-5-3-4-6-10-14/h7-8,11,14H,3-6,9-10,12H2,1-2H3,(H,16,17). The molecule has 0 atom stereocenters. The van der Waals surface area contributed by atoms with E-state index in [1.165, 1.54) is 44.1 Å². The largest absolute Gasteiger partial charge is 0.373 e. The average Bonchev–Trinajstić information content (AvgIpc) is 2.68. The van der Waals surface area contributed by atoms with E-state index in [1.807, 2.05) is 19.3 Å². The molecule has 18 heavy (non-hydrogen) atoms. The zero-order valence-corrected chi connectivity index (χ0v) is 11.7. The molecule has 1 aromatic rings. The molecule has 0 unspecified atom stereocenters. The number of rotatable bonds is 4. The zero-order valence-electron chi connectivity index (χ0n) is 11.7. The summed E-state index contributed by atoms with van der Waals surface area (Å²) in [5, 5.41) is 3.18. The Morgan fingerprint density at radius 2 is 2.00 bits per heavy atom. The smallest absolute Gasteiger partial charge is 0.130 e. The molecule has 0 bridgehead atoms. The first-order valence-corrected chi connectivity index (χ1v) is 7.13. The summed E-state index contributed by atoms with van der Waals surface area (Å²) in [7, 11) is 4.19. The molecule has 1 N–H and O–H groups in total. The second kappa shape index (κ2) is 6.74. The van der Waals surface area contributed by atoms with Crippen molar-refractivity contribution >= 4 is 5.82 Å². The minimum absolute atomic E-state index is 0.748. The summed E-state index contributed by atoms with van der Waals surface area (Å²) in [4.78, 5) is 6.88. The summed E-state index contributed by atoms with van der Waals surface area (Å²) in [6.45, 7) is 0.995. The normalized spacial score (nSPS) is 17.7. The van der Waals surface area contributed by atoms with Crippen LogP contribution in [0, 0.1) is 0 Å². The molecule has 1 saturated carbocycles. The van der Waals surface area contributed by atoms with Crippen molar-refractivity contribution < 1.29 is 0 Å². The lowest BCUT2D eigenvalue weighted by Gasteiger charge is -2.27. The number of pyridine rings is 1. The van der Waals surface area contributed by atoms with Gasteiger partial charge in [0.25, 0.3) is 0 Å². The average molecular weight is 247 g/mol. The zero-order chi connectivity index (χ0) is 12.8. The van der Waals surface area contributed by atoms with Crippen molar-refractivity contribution in [1.29, 1.82) is 0 Å². The Balaban J connectivity index is 1.98. The van der Waals surface area contributed by atoms with Crippen LogP contribution in [0.1, 0.15) is 44.1 Å². The number of hydrogen-bond donors (Lipinski definition) is 1. The van der Waals surface area contributed by atoms with E-state index in [-0.39, 0.29) is 0 Å². The van der Waals surface area contributed by atoms with Gasteiger partial charge in [0.2, 0.25) is 0 Å². The van der Waals surface area contributed by atoms with Gasteiger partial charge in [-0.2, -0.15) is 0 Å². The van der Waals surface area contributed by atoms with E-state index in [2.05, 4.69) is 28.3 Å². The Morgan fingerprint density at radius 1 is 1.28 bits per heavy atom. The molecule has 0 radical (unpaired) electrons.